The molecule has 18 nitrogen and oxygen atoms in total. The molecule has 9 heterocycles. The Hall–Kier alpha value is -6.84. The highest BCUT2D eigenvalue weighted by molar-refractivity contribution is 7.13. The van der Waals surface area contributed by atoms with Crippen LogP contribution in [0, 0.1) is 18.7 Å². The van der Waals surface area contributed by atoms with E-state index in [1.807, 2.05) is 75.7 Å². The molecular formula is C60H70FN11O7S. The van der Waals surface area contributed by atoms with Crippen LogP contribution in [0.4, 0.5) is 10.2 Å². The van der Waals surface area contributed by atoms with Crippen molar-refractivity contribution >= 4 is 50.6 Å². The number of nitrogens with one attached hydrogen (secondary N) is 2. The van der Waals surface area contributed by atoms with E-state index in [9.17, 15) is 19.8 Å². The van der Waals surface area contributed by atoms with E-state index in [1.165, 1.54) is 4.90 Å². The summed E-state index contributed by atoms with van der Waals surface area (Å²) in [6, 6.07) is 18.8. The van der Waals surface area contributed by atoms with Crippen LogP contribution in [0.5, 0.6) is 17.6 Å². The number of carbonyl (C=O) groups is 2. The van der Waals surface area contributed by atoms with Crippen LogP contribution in [-0.2, 0) is 16.0 Å². The van der Waals surface area contributed by atoms with E-state index in [0.29, 0.717) is 60.2 Å². The Kier molecular flexibility index (Phi) is 15.0. The topological polar surface area (TPSA) is 208 Å². The number of anilines is 1. The van der Waals surface area contributed by atoms with Gasteiger partial charge in [0.25, 0.3) is 5.88 Å². The molecule has 4 N–H and O–H groups in total. The lowest BCUT2D eigenvalue weighted by Gasteiger charge is -2.41. The highest BCUT2D eigenvalue weighted by atomic mass is 32.1. The summed E-state index contributed by atoms with van der Waals surface area (Å²) in [4.78, 5) is 56.5. The average Bonchev–Trinajstić information content (AvgIpc) is 4.33. The number of phenols is 1. The Morgan fingerprint density at radius 3 is 2.48 bits per heavy atom. The number of halogens is 1. The Balaban J connectivity index is 0.664. The van der Waals surface area contributed by atoms with E-state index < -0.39 is 23.9 Å². The van der Waals surface area contributed by atoms with Gasteiger partial charge in [0, 0.05) is 87.7 Å². The third-order valence-electron chi connectivity index (χ3n) is 17.3. The van der Waals surface area contributed by atoms with Crippen molar-refractivity contribution in [3.63, 3.8) is 0 Å². The maximum atomic E-state index is 17.2. The van der Waals surface area contributed by atoms with E-state index >= 15 is 4.39 Å². The first-order chi connectivity index (χ1) is 38.7. The van der Waals surface area contributed by atoms with Crippen LogP contribution < -0.4 is 25.0 Å². The number of aryl methyl sites for hydroxylation is 2. The number of β-amino-alcohol motifs (C(OH)–C–C–N with tert-alkyl or cyclic N) is 1. The summed E-state index contributed by atoms with van der Waals surface area (Å²) in [5, 5.41) is 34.8. The molecule has 20 heteroatoms. The lowest BCUT2D eigenvalue weighted by molar-refractivity contribution is -0.141. The van der Waals surface area contributed by atoms with Gasteiger partial charge in [0.1, 0.15) is 47.4 Å². The summed E-state index contributed by atoms with van der Waals surface area (Å²) in [7, 11) is 2.12. The number of pyridine rings is 1. The second kappa shape index (κ2) is 22.2. The summed E-state index contributed by atoms with van der Waals surface area (Å²) in [5.41, 5.74) is 6.59. The predicted molar refractivity (Wildman–Crippen MR) is 303 cm³/mol. The largest absolute Gasteiger partial charge is 0.508 e. The number of hydrogen-bond donors (Lipinski definition) is 4. The average molecular weight is 1110 g/mol. The number of nitrogens with zero attached hydrogens (tertiary/aromatic N) is 9. The number of piperazine rings is 1. The number of thiazole rings is 1. The second-order valence-corrected chi connectivity index (χ2v) is 23.9. The zero-order chi connectivity index (χ0) is 55.5. The molecule has 4 aromatic heterocycles. The fraction of sp³-hybridized carbons (Fsp3) is 0.483. The molecule has 0 aliphatic carbocycles. The number of fused-ring (bicyclic) bond motifs is 4. The van der Waals surface area contributed by atoms with Crippen LogP contribution in [0.2, 0.25) is 0 Å². The monoisotopic (exact) mass is 1110 g/mol. The molecule has 3 aromatic carbocycles. The maximum absolute atomic E-state index is 17.2. The van der Waals surface area contributed by atoms with Gasteiger partial charge >= 0.3 is 6.01 Å². The van der Waals surface area contributed by atoms with Crippen molar-refractivity contribution in [1.82, 2.24) is 50.4 Å². The molecule has 8 atom stereocenters. The van der Waals surface area contributed by atoms with Crippen molar-refractivity contribution in [2.45, 2.75) is 128 Å². The number of benzene rings is 3. The van der Waals surface area contributed by atoms with Gasteiger partial charge in [0.2, 0.25) is 11.8 Å². The number of ether oxygens (including phenoxy) is 2. The van der Waals surface area contributed by atoms with E-state index in [-0.39, 0.29) is 77.9 Å². The van der Waals surface area contributed by atoms with Crippen molar-refractivity contribution in [3.8, 4) is 39.3 Å². The molecule has 2 amide bonds. The number of aliphatic hydroxyl groups is 1. The minimum Gasteiger partial charge on any atom is -0.508 e. The van der Waals surface area contributed by atoms with Crippen molar-refractivity contribution in [2.24, 2.45) is 5.92 Å². The first kappa shape index (κ1) is 53.8. The first-order valence-corrected chi connectivity index (χ1v) is 29.2. The van der Waals surface area contributed by atoms with Crippen molar-refractivity contribution in [1.29, 1.82) is 0 Å². The third-order valence-corrected chi connectivity index (χ3v) is 18.3. The van der Waals surface area contributed by atoms with Crippen LogP contribution in [0.1, 0.15) is 94.3 Å². The summed E-state index contributed by atoms with van der Waals surface area (Å²) in [6.45, 7) is 13.9. The standard InChI is InChI=1S/C60H70FN11O7S/c1-7-35-9-8-10-38-19-43(73)20-46(52(35)38)54-53(61)55-47(23-62-54)57(71-24-39-15-16-40(25-71)65-39)67-60(66-55)77-30-42-18-17-41(69(42)6)26-70-28-45(29-70)78-50-22-49(79-68-50)51(32(2)3)59(76)72-27-44(74)21-48(72)58(75)64-33(4)36-11-13-37(14-12-36)56-34(5)63-31-80-56/h8-14,19-20,22-23,31-33,39-42,44-45,48,51,65,73-74H,7,15-18,21,24-30H2,1-6H3,(H,64,75)/t33-,39?,40?,41-,42-,44+,48-,51+/m0/s1. The van der Waals surface area contributed by atoms with Gasteiger partial charge in [-0.3, -0.25) is 24.4 Å². The van der Waals surface area contributed by atoms with E-state index in [2.05, 4.69) is 49.4 Å². The number of likely N-dealkylation sites (N-methyl/N-ethyl adjacent to an activating group) is 1. The van der Waals surface area contributed by atoms with E-state index in [4.69, 9.17) is 28.9 Å². The molecule has 12 rings (SSSR count). The minimum atomic E-state index is -0.849. The highest BCUT2D eigenvalue weighted by Gasteiger charge is 2.44. The Labute approximate surface area is 468 Å². The molecule has 0 spiro atoms. The third kappa shape index (κ3) is 10.6. The van der Waals surface area contributed by atoms with E-state index in [0.717, 1.165) is 89.8 Å². The number of likely N-dealkylation sites (tertiary alicyclic amines) is 3. The molecule has 7 aromatic rings. The number of amides is 2. The number of phenolic OH excluding ortho intramolecular Hbond substituents is 1. The molecule has 0 saturated carbocycles. The lowest BCUT2D eigenvalue weighted by Crippen LogP contribution is -2.57. The normalized spacial score (nSPS) is 23.3. The number of carbonyl (C=O) groups excluding carboxylic acids is 2. The molecule has 80 heavy (non-hydrogen) atoms. The smallest absolute Gasteiger partial charge is 0.319 e. The van der Waals surface area contributed by atoms with Gasteiger partial charge in [0.15, 0.2) is 11.6 Å². The van der Waals surface area contributed by atoms with Gasteiger partial charge in [-0.05, 0) is 104 Å². The van der Waals surface area contributed by atoms with Gasteiger partial charge in [-0.25, -0.2) is 9.37 Å². The number of aromatic nitrogens is 5. The number of aromatic hydroxyl groups is 1. The van der Waals surface area contributed by atoms with Crippen LogP contribution in [0.3, 0.4) is 0 Å². The summed E-state index contributed by atoms with van der Waals surface area (Å²) in [5.74, 6) is -0.863. The number of rotatable bonds is 17. The first-order valence-electron chi connectivity index (χ1n) is 28.3. The van der Waals surface area contributed by atoms with Gasteiger partial charge in [-0.1, -0.05) is 63.2 Å². The molecule has 0 radical (unpaired) electrons. The molecule has 5 aliphatic heterocycles. The quantitative estimate of drug-likeness (QED) is 0.0686. The zero-order valence-corrected chi connectivity index (χ0v) is 47.0. The van der Waals surface area contributed by atoms with Crippen LogP contribution in [0.15, 0.2) is 76.9 Å². The Bertz CT molecular complexity index is 3410. The fourth-order valence-electron chi connectivity index (χ4n) is 12.9. The van der Waals surface area contributed by atoms with E-state index in [1.54, 1.807) is 35.7 Å². The maximum Gasteiger partial charge on any atom is 0.319 e. The molecule has 420 valence electrons. The predicted octanol–water partition coefficient (Wildman–Crippen LogP) is 7.80. The minimum absolute atomic E-state index is 0.0339. The number of hydrogen-bond acceptors (Lipinski definition) is 17. The van der Waals surface area contributed by atoms with Gasteiger partial charge in [-0.15, -0.1) is 11.3 Å². The Morgan fingerprint density at radius 2 is 1.74 bits per heavy atom. The molecule has 5 aliphatic rings. The van der Waals surface area contributed by atoms with Gasteiger partial charge in [0.05, 0.1) is 33.6 Å². The second-order valence-electron chi connectivity index (χ2n) is 23.0. The molecule has 5 saturated heterocycles. The number of aliphatic hydroxyl groups excluding tert-OH is 1. The summed E-state index contributed by atoms with van der Waals surface area (Å²) >= 11 is 1.59. The SMILES string of the molecule is CCc1cccc2cc(O)cc(-c3ncc4c(N5CC6CCC(C5)N6)nc(OC[C@@H]5CC[C@@H](CN6CC(Oc7cc([C@H](C(=O)N8C[C@H](O)C[C@H]8C(=O)N[C@@H](C)c8ccc(-c9scnc9C)cc8)C(C)C)on7)C6)N5C)nc4c3F)c12. The van der Waals surface area contributed by atoms with Crippen molar-refractivity contribution in [3.05, 3.63) is 101 Å². The molecule has 2 unspecified atom stereocenters. The molecule has 5 fully saturated rings. The Morgan fingerprint density at radius 1 is 0.963 bits per heavy atom. The lowest BCUT2D eigenvalue weighted by atomic mass is 9.91. The van der Waals surface area contributed by atoms with Gasteiger partial charge < -0.3 is 44.6 Å². The van der Waals surface area contributed by atoms with Crippen LogP contribution in [0.25, 0.3) is 43.4 Å². The van der Waals surface area contributed by atoms with Crippen molar-refractivity contribution < 1.29 is 38.2 Å². The van der Waals surface area contributed by atoms with Crippen molar-refractivity contribution in [2.75, 3.05) is 57.8 Å². The summed E-state index contributed by atoms with van der Waals surface area (Å²) in [6.07, 6.45) is 5.59. The van der Waals surface area contributed by atoms with Crippen LogP contribution in [-0.4, -0.2) is 157 Å². The highest BCUT2D eigenvalue weighted by Crippen LogP contribution is 2.40. The fourth-order valence-corrected chi connectivity index (χ4v) is 13.8. The summed E-state index contributed by atoms with van der Waals surface area (Å²) < 4.78 is 35.8. The van der Waals surface area contributed by atoms with Gasteiger partial charge in [-0.2, -0.15) is 9.97 Å². The molecular weight excluding hydrogens is 1040 g/mol. The van der Waals surface area contributed by atoms with Crippen LogP contribution >= 0.6 is 11.3 Å². The zero-order valence-electron chi connectivity index (χ0n) is 46.1. The molecule has 2 bridgehead atoms.